The van der Waals surface area contributed by atoms with Crippen LogP contribution < -0.4 is 4.74 Å². The molecule has 0 saturated carbocycles. The van der Waals surface area contributed by atoms with Gasteiger partial charge < -0.3 is 14.6 Å². The highest BCUT2D eigenvalue weighted by molar-refractivity contribution is 5.77. The summed E-state index contributed by atoms with van der Waals surface area (Å²) in [6, 6.07) is 8.29. The number of nitrogens with zero attached hydrogens (tertiary/aromatic N) is 3. The Kier molecular flexibility index (Phi) is 5.40. The summed E-state index contributed by atoms with van der Waals surface area (Å²) in [5.74, 6) is 1.21. The van der Waals surface area contributed by atoms with Crippen LogP contribution in [0.2, 0.25) is 0 Å². The second-order valence-corrected chi connectivity index (χ2v) is 7.73. The Balaban J connectivity index is 1.53. The number of fused-ring (bicyclic) bond motifs is 2. The molecule has 1 spiro atoms. The van der Waals surface area contributed by atoms with Crippen LogP contribution in [0.1, 0.15) is 50.1 Å². The molecule has 1 N–H and O–H groups in total. The first-order valence-electron chi connectivity index (χ1n) is 10.4. The van der Waals surface area contributed by atoms with Crippen molar-refractivity contribution in [2.75, 3.05) is 26.2 Å². The Morgan fingerprint density at radius 3 is 2.75 bits per heavy atom. The summed E-state index contributed by atoms with van der Waals surface area (Å²) in [6.45, 7) is 8.20. The van der Waals surface area contributed by atoms with Crippen molar-refractivity contribution < 1.29 is 9.53 Å². The minimum Gasteiger partial charge on any atom is -0.494 e. The van der Waals surface area contributed by atoms with Gasteiger partial charge in [-0.15, -0.1) is 0 Å². The van der Waals surface area contributed by atoms with Gasteiger partial charge in [0.2, 0.25) is 5.91 Å². The lowest BCUT2D eigenvalue weighted by atomic mass is 9.78. The molecule has 2 aromatic rings. The van der Waals surface area contributed by atoms with Crippen LogP contribution in [0.3, 0.4) is 0 Å². The number of imidazole rings is 1. The van der Waals surface area contributed by atoms with Crippen molar-refractivity contribution in [3.63, 3.8) is 0 Å². The van der Waals surface area contributed by atoms with Crippen molar-refractivity contribution in [2.24, 2.45) is 0 Å². The van der Waals surface area contributed by atoms with E-state index >= 15 is 0 Å². The number of para-hydroxylation sites is 1. The number of carbonyl (C=O) groups excluding carboxylic acids is 1. The van der Waals surface area contributed by atoms with Crippen LogP contribution in [-0.2, 0) is 23.3 Å². The zero-order valence-corrected chi connectivity index (χ0v) is 16.9. The van der Waals surface area contributed by atoms with E-state index in [1.54, 1.807) is 6.33 Å². The SMILES string of the molecule is CCOc1ccccc1CN1CCC2(CC1)c1nc[nH]c1CCN2C(=O)CC. The molecule has 6 nitrogen and oxygen atoms in total. The number of rotatable bonds is 5. The highest BCUT2D eigenvalue weighted by Gasteiger charge is 2.48. The summed E-state index contributed by atoms with van der Waals surface area (Å²) in [4.78, 5) is 25.3. The molecule has 0 bridgehead atoms. The van der Waals surface area contributed by atoms with Crippen molar-refractivity contribution >= 4 is 5.91 Å². The van der Waals surface area contributed by atoms with Crippen LogP contribution in [0.15, 0.2) is 30.6 Å². The topological polar surface area (TPSA) is 61.5 Å². The van der Waals surface area contributed by atoms with Crippen molar-refractivity contribution in [1.29, 1.82) is 0 Å². The third kappa shape index (κ3) is 3.30. The highest BCUT2D eigenvalue weighted by atomic mass is 16.5. The molecule has 2 aliphatic rings. The number of nitrogens with one attached hydrogen (secondary N) is 1. The Morgan fingerprint density at radius 2 is 2.00 bits per heavy atom. The van der Waals surface area contributed by atoms with Crippen LogP contribution in [0.5, 0.6) is 5.75 Å². The van der Waals surface area contributed by atoms with E-state index in [1.165, 1.54) is 11.3 Å². The number of likely N-dealkylation sites (tertiary alicyclic amines) is 1. The lowest BCUT2D eigenvalue weighted by Crippen LogP contribution is -2.58. The largest absolute Gasteiger partial charge is 0.494 e. The number of hydrogen-bond acceptors (Lipinski definition) is 4. The van der Waals surface area contributed by atoms with Crippen molar-refractivity contribution in [3.05, 3.63) is 47.5 Å². The molecule has 2 aliphatic heterocycles. The van der Waals surface area contributed by atoms with Crippen LogP contribution in [0.25, 0.3) is 0 Å². The molecular weight excluding hydrogens is 352 g/mol. The minimum atomic E-state index is -0.253. The first-order valence-corrected chi connectivity index (χ1v) is 10.4. The molecule has 28 heavy (non-hydrogen) atoms. The number of aromatic nitrogens is 2. The quantitative estimate of drug-likeness (QED) is 0.863. The molecule has 1 aromatic carbocycles. The number of H-pyrrole nitrogens is 1. The van der Waals surface area contributed by atoms with E-state index in [0.717, 1.165) is 56.9 Å². The summed E-state index contributed by atoms with van der Waals surface area (Å²) >= 11 is 0. The summed E-state index contributed by atoms with van der Waals surface area (Å²) in [7, 11) is 0. The fourth-order valence-electron chi connectivity index (χ4n) is 4.79. The average molecular weight is 383 g/mol. The van der Waals surface area contributed by atoms with Crippen LogP contribution in [0, 0.1) is 0 Å². The molecule has 1 saturated heterocycles. The van der Waals surface area contributed by atoms with Gasteiger partial charge in [0.05, 0.1) is 24.2 Å². The van der Waals surface area contributed by atoms with Crippen molar-refractivity contribution in [3.8, 4) is 5.75 Å². The van der Waals surface area contributed by atoms with Crippen molar-refractivity contribution in [2.45, 2.75) is 51.6 Å². The highest BCUT2D eigenvalue weighted by Crippen LogP contribution is 2.42. The molecule has 1 fully saturated rings. The molecule has 0 unspecified atom stereocenters. The van der Waals surface area contributed by atoms with E-state index in [2.05, 4.69) is 31.9 Å². The first-order chi connectivity index (χ1) is 13.7. The minimum absolute atomic E-state index is 0.240. The third-order valence-electron chi connectivity index (χ3n) is 6.21. The van der Waals surface area contributed by atoms with Gasteiger partial charge >= 0.3 is 0 Å². The number of hydrogen-bond donors (Lipinski definition) is 1. The third-order valence-corrected chi connectivity index (χ3v) is 6.21. The van der Waals surface area contributed by atoms with E-state index in [-0.39, 0.29) is 11.4 Å². The van der Waals surface area contributed by atoms with Gasteiger partial charge in [-0.2, -0.15) is 0 Å². The van der Waals surface area contributed by atoms with Gasteiger partial charge in [-0.25, -0.2) is 4.98 Å². The molecule has 1 amide bonds. The molecule has 3 heterocycles. The van der Waals surface area contributed by atoms with Gasteiger partial charge in [0, 0.05) is 50.3 Å². The zero-order chi connectivity index (χ0) is 19.6. The summed E-state index contributed by atoms with van der Waals surface area (Å²) < 4.78 is 5.79. The van der Waals surface area contributed by atoms with Gasteiger partial charge in [0.15, 0.2) is 0 Å². The van der Waals surface area contributed by atoms with Crippen LogP contribution >= 0.6 is 0 Å². The van der Waals surface area contributed by atoms with Crippen molar-refractivity contribution in [1.82, 2.24) is 19.8 Å². The van der Waals surface area contributed by atoms with E-state index in [4.69, 9.17) is 4.74 Å². The fraction of sp³-hybridized carbons (Fsp3) is 0.545. The molecule has 0 aliphatic carbocycles. The zero-order valence-electron chi connectivity index (χ0n) is 16.9. The second kappa shape index (κ2) is 7.95. The molecule has 0 radical (unpaired) electrons. The molecular formula is C22H30N4O2. The van der Waals surface area contributed by atoms with E-state index < -0.39 is 0 Å². The van der Waals surface area contributed by atoms with Crippen LogP contribution in [0.4, 0.5) is 0 Å². The normalized spacial score (nSPS) is 18.9. The number of aromatic amines is 1. The molecule has 4 rings (SSSR count). The summed E-state index contributed by atoms with van der Waals surface area (Å²) in [5.41, 5.74) is 3.27. The maximum atomic E-state index is 12.7. The predicted molar refractivity (Wildman–Crippen MR) is 108 cm³/mol. The first kappa shape index (κ1) is 19.0. The summed E-state index contributed by atoms with van der Waals surface area (Å²) in [5, 5.41) is 0. The Morgan fingerprint density at radius 1 is 1.21 bits per heavy atom. The fourth-order valence-corrected chi connectivity index (χ4v) is 4.79. The van der Waals surface area contributed by atoms with Gasteiger partial charge in [-0.05, 0) is 25.8 Å². The summed E-state index contributed by atoms with van der Waals surface area (Å²) in [6.07, 6.45) is 5.05. The van der Waals surface area contributed by atoms with Gasteiger partial charge in [-0.3, -0.25) is 9.69 Å². The van der Waals surface area contributed by atoms with Crippen LogP contribution in [-0.4, -0.2) is 51.9 Å². The number of carbonyl (C=O) groups is 1. The number of benzene rings is 1. The van der Waals surface area contributed by atoms with Gasteiger partial charge in [-0.1, -0.05) is 25.1 Å². The lowest BCUT2D eigenvalue weighted by Gasteiger charge is -2.50. The average Bonchev–Trinajstić information content (AvgIpc) is 3.21. The maximum absolute atomic E-state index is 12.7. The van der Waals surface area contributed by atoms with E-state index in [1.807, 2.05) is 26.0 Å². The molecule has 150 valence electrons. The van der Waals surface area contributed by atoms with E-state index in [0.29, 0.717) is 13.0 Å². The van der Waals surface area contributed by atoms with Gasteiger partial charge in [0.25, 0.3) is 0 Å². The standard InChI is InChI=1S/C22H30N4O2/c1-3-20(27)26-12-9-18-21(24-16-23-18)22(26)10-13-25(14-11-22)15-17-7-5-6-8-19(17)28-4-2/h5-8,16H,3-4,9-15H2,1-2H3,(H,23,24). The lowest BCUT2D eigenvalue weighted by molar-refractivity contribution is -0.141. The second-order valence-electron chi connectivity index (χ2n) is 7.73. The van der Waals surface area contributed by atoms with Gasteiger partial charge in [0.1, 0.15) is 5.75 Å². The van der Waals surface area contributed by atoms with E-state index in [9.17, 15) is 4.79 Å². The number of ether oxygens (including phenoxy) is 1. The molecule has 0 atom stereocenters. The monoisotopic (exact) mass is 382 g/mol. The predicted octanol–water partition coefficient (Wildman–Crippen LogP) is 3.09. The maximum Gasteiger partial charge on any atom is 0.223 e. The molecule has 1 aromatic heterocycles. The molecule has 6 heteroatoms. The Labute approximate surface area is 166 Å². The Bertz CT molecular complexity index is 823. The number of amides is 1. The smallest absolute Gasteiger partial charge is 0.223 e. The Hall–Kier alpha value is -2.34. The number of piperidine rings is 1.